The van der Waals surface area contributed by atoms with Crippen LogP contribution in [0.15, 0.2) is 65.7 Å². The molecule has 118 valence electrons. The van der Waals surface area contributed by atoms with Crippen molar-refractivity contribution in [3.8, 4) is 0 Å². The molecule has 1 aromatic rings. The number of carboxylic acid groups (broad SMARTS) is 1. The summed E-state index contributed by atoms with van der Waals surface area (Å²) in [6, 6.07) is 9.82. The summed E-state index contributed by atoms with van der Waals surface area (Å²) >= 11 is 0. The number of carbonyl (C=O) groups excluding carboxylic acids is 1. The molecule has 4 heteroatoms. The highest BCUT2D eigenvalue weighted by Crippen LogP contribution is 2.44. The topological polar surface area (TPSA) is 63.6 Å². The lowest BCUT2D eigenvalue weighted by molar-refractivity contribution is -0.144. The molecule has 0 fully saturated rings. The second kappa shape index (κ2) is 5.54. The number of hydrogen-bond donors (Lipinski definition) is 1. The Hall–Kier alpha value is -2.62. The van der Waals surface area contributed by atoms with E-state index in [4.69, 9.17) is 4.74 Å². The molecule has 0 amide bonds. The molecule has 1 heterocycles. The van der Waals surface area contributed by atoms with Gasteiger partial charge in [-0.05, 0) is 37.1 Å². The third kappa shape index (κ3) is 2.61. The van der Waals surface area contributed by atoms with E-state index in [0.29, 0.717) is 11.3 Å². The van der Waals surface area contributed by atoms with Crippen molar-refractivity contribution in [2.24, 2.45) is 5.41 Å². The van der Waals surface area contributed by atoms with Crippen LogP contribution < -0.4 is 0 Å². The summed E-state index contributed by atoms with van der Waals surface area (Å²) in [5.74, 6) is -0.627. The summed E-state index contributed by atoms with van der Waals surface area (Å²) in [7, 11) is 0. The summed E-state index contributed by atoms with van der Waals surface area (Å²) in [6.07, 6.45) is 5.14. The van der Waals surface area contributed by atoms with Crippen LogP contribution in [0.4, 0.5) is 0 Å². The standard InChI is InChI=1S/C19H18O4/c1-19(2,18(21)22)16-11-13(20)10-15-14(8-9-23-17(15)16)12-6-4-3-5-7-12/h3-9,11,14H,10H2,1-2H3,(H,21,22). The quantitative estimate of drug-likeness (QED) is 0.927. The molecule has 2 aliphatic rings. The average Bonchev–Trinajstić information content (AvgIpc) is 2.54. The van der Waals surface area contributed by atoms with Gasteiger partial charge in [-0.15, -0.1) is 0 Å². The minimum absolute atomic E-state index is 0.0720. The first kappa shape index (κ1) is 15.3. The van der Waals surface area contributed by atoms with E-state index in [0.717, 1.165) is 11.1 Å². The van der Waals surface area contributed by atoms with Gasteiger partial charge in [0, 0.05) is 17.9 Å². The number of rotatable bonds is 3. The lowest BCUT2D eigenvalue weighted by Crippen LogP contribution is -2.31. The van der Waals surface area contributed by atoms with Crippen LogP contribution in [0.25, 0.3) is 0 Å². The SMILES string of the molecule is CC(C)(C(=O)O)C1=CC(=O)CC2=C1OC=CC2c1ccccc1. The number of hydrogen-bond acceptors (Lipinski definition) is 3. The van der Waals surface area contributed by atoms with Crippen molar-refractivity contribution in [1.29, 1.82) is 0 Å². The largest absolute Gasteiger partial charge is 0.481 e. The number of allylic oxidation sites excluding steroid dienone is 4. The number of carbonyl (C=O) groups is 2. The lowest BCUT2D eigenvalue weighted by Gasteiger charge is -2.33. The number of aliphatic carboxylic acids is 1. The fourth-order valence-electron chi connectivity index (χ4n) is 2.96. The van der Waals surface area contributed by atoms with E-state index in [9.17, 15) is 14.7 Å². The molecular weight excluding hydrogens is 292 g/mol. The van der Waals surface area contributed by atoms with E-state index in [1.807, 2.05) is 36.4 Å². The third-order valence-electron chi connectivity index (χ3n) is 4.41. The van der Waals surface area contributed by atoms with Gasteiger partial charge in [-0.25, -0.2) is 0 Å². The van der Waals surface area contributed by atoms with Crippen LogP contribution in [-0.4, -0.2) is 16.9 Å². The van der Waals surface area contributed by atoms with Crippen LogP contribution in [0.3, 0.4) is 0 Å². The van der Waals surface area contributed by atoms with Crippen molar-refractivity contribution >= 4 is 11.8 Å². The van der Waals surface area contributed by atoms with Crippen molar-refractivity contribution in [3.05, 3.63) is 71.2 Å². The van der Waals surface area contributed by atoms with Gasteiger partial charge in [-0.2, -0.15) is 0 Å². The van der Waals surface area contributed by atoms with E-state index in [1.54, 1.807) is 20.1 Å². The molecule has 0 aromatic heterocycles. The monoisotopic (exact) mass is 310 g/mol. The number of ketones is 1. The van der Waals surface area contributed by atoms with Crippen LogP contribution in [-0.2, 0) is 14.3 Å². The Balaban J connectivity index is 2.11. The fourth-order valence-corrected chi connectivity index (χ4v) is 2.96. The summed E-state index contributed by atoms with van der Waals surface area (Å²) in [5, 5.41) is 9.50. The minimum Gasteiger partial charge on any atom is -0.481 e. The average molecular weight is 310 g/mol. The van der Waals surface area contributed by atoms with Gasteiger partial charge in [-0.3, -0.25) is 9.59 Å². The molecule has 3 rings (SSSR count). The first-order valence-electron chi connectivity index (χ1n) is 7.51. The Labute approximate surface area is 134 Å². The van der Waals surface area contributed by atoms with E-state index >= 15 is 0 Å². The molecule has 1 aliphatic carbocycles. The van der Waals surface area contributed by atoms with Crippen molar-refractivity contribution in [2.75, 3.05) is 0 Å². The fraction of sp³-hybridized carbons (Fsp3) is 0.263. The van der Waals surface area contributed by atoms with E-state index < -0.39 is 11.4 Å². The molecule has 1 N–H and O–H groups in total. The molecule has 1 atom stereocenters. The van der Waals surface area contributed by atoms with Crippen LogP contribution in [0.5, 0.6) is 0 Å². The zero-order chi connectivity index (χ0) is 16.6. The molecule has 0 saturated heterocycles. The molecule has 1 unspecified atom stereocenters. The van der Waals surface area contributed by atoms with Crippen LogP contribution in [0.2, 0.25) is 0 Å². The summed E-state index contributed by atoms with van der Waals surface area (Å²) in [6.45, 7) is 3.17. The van der Waals surface area contributed by atoms with E-state index in [1.165, 1.54) is 6.08 Å². The molecular formula is C19H18O4. The highest BCUT2D eigenvalue weighted by atomic mass is 16.5. The normalized spacial score (nSPS) is 20.7. The molecule has 1 aliphatic heterocycles. The van der Waals surface area contributed by atoms with E-state index in [2.05, 4.69) is 0 Å². The predicted octanol–water partition coefficient (Wildman–Crippen LogP) is 3.58. The number of ether oxygens (including phenoxy) is 1. The Kier molecular flexibility index (Phi) is 3.68. The zero-order valence-electron chi connectivity index (χ0n) is 13.1. The second-order valence-electron chi connectivity index (χ2n) is 6.32. The third-order valence-corrected chi connectivity index (χ3v) is 4.41. The Morgan fingerprint density at radius 3 is 2.61 bits per heavy atom. The van der Waals surface area contributed by atoms with Crippen LogP contribution >= 0.6 is 0 Å². The molecule has 0 spiro atoms. The van der Waals surface area contributed by atoms with Crippen molar-refractivity contribution < 1.29 is 19.4 Å². The van der Waals surface area contributed by atoms with Gasteiger partial charge >= 0.3 is 5.97 Å². The first-order valence-corrected chi connectivity index (χ1v) is 7.51. The van der Waals surface area contributed by atoms with Crippen molar-refractivity contribution in [2.45, 2.75) is 26.2 Å². The smallest absolute Gasteiger partial charge is 0.313 e. The van der Waals surface area contributed by atoms with Gasteiger partial charge < -0.3 is 9.84 Å². The summed E-state index contributed by atoms with van der Waals surface area (Å²) < 4.78 is 5.65. The Morgan fingerprint density at radius 1 is 1.26 bits per heavy atom. The highest BCUT2D eigenvalue weighted by Gasteiger charge is 2.40. The van der Waals surface area contributed by atoms with Crippen LogP contribution in [0.1, 0.15) is 31.7 Å². The highest BCUT2D eigenvalue weighted by molar-refractivity contribution is 5.97. The summed E-state index contributed by atoms with van der Waals surface area (Å²) in [4.78, 5) is 23.8. The molecule has 23 heavy (non-hydrogen) atoms. The van der Waals surface area contributed by atoms with E-state index in [-0.39, 0.29) is 18.1 Å². The van der Waals surface area contributed by atoms with Gasteiger partial charge in [0.15, 0.2) is 5.78 Å². The number of carboxylic acids is 1. The predicted molar refractivity (Wildman–Crippen MR) is 85.6 cm³/mol. The molecule has 0 saturated carbocycles. The Morgan fingerprint density at radius 2 is 1.96 bits per heavy atom. The first-order chi connectivity index (χ1) is 10.9. The van der Waals surface area contributed by atoms with Gasteiger partial charge in [0.2, 0.25) is 0 Å². The molecule has 0 bridgehead atoms. The second-order valence-corrected chi connectivity index (χ2v) is 6.32. The van der Waals surface area contributed by atoms with Crippen molar-refractivity contribution in [1.82, 2.24) is 0 Å². The Bertz CT molecular complexity index is 751. The lowest BCUT2D eigenvalue weighted by atomic mass is 9.74. The van der Waals surface area contributed by atoms with Crippen molar-refractivity contribution in [3.63, 3.8) is 0 Å². The maximum atomic E-state index is 12.2. The van der Waals surface area contributed by atoms with Gasteiger partial charge in [-0.1, -0.05) is 30.3 Å². The summed E-state index contributed by atoms with van der Waals surface area (Å²) in [5.41, 5.74) is 1.13. The maximum absolute atomic E-state index is 12.2. The van der Waals surface area contributed by atoms with Gasteiger partial charge in [0.05, 0.1) is 11.7 Å². The maximum Gasteiger partial charge on any atom is 0.313 e. The molecule has 4 nitrogen and oxygen atoms in total. The zero-order valence-corrected chi connectivity index (χ0v) is 13.1. The van der Waals surface area contributed by atoms with Crippen LogP contribution in [0, 0.1) is 5.41 Å². The number of benzene rings is 1. The van der Waals surface area contributed by atoms with Gasteiger partial charge in [0.1, 0.15) is 5.76 Å². The molecule has 0 radical (unpaired) electrons. The molecule has 1 aromatic carbocycles. The minimum atomic E-state index is -1.19. The van der Waals surface area contributed by atoms with Gasteiger partial charge in [0.25, 0.3) is 0 Å².